The lowest BCUT2D eigenvalue weighted by Crippen LogP contribution is -2.37. The van der Waals surface area contributed by atoms with Crippen molar-refractivity contribution in [3.63, 3.8) is 0 Å². The average molecular weight is 339 g/mol. The largest absolute Gasteiger partial charge is 0.503 e. The van der Waals surface area contributed by atoms with Gasteiger partial charge in [0.1, 0.15) is 0 Å². The minimum Gasteiger partial charge on any atom is -0.503 e. The molecule has 7 heteroatoms. The number of aliphatic hydroxyl groups is 2. The van der Waals surface area contributed by atoms with Gasteiger partial charge in [-0.05, 0) is 24.6 Å². The third-order valence-electron chi connectivity index (χ3n) is 3.69. The Morgan fingerprint density at radius 2 is 1.96 bits per heavy atom. The van der Waals surface area contributed by atoms with Crippen molar-refractivity contribution in [2.24, 2.45) is 0 Å². The SMILES string of the molecule is CC(=O)C1=C(O)C(=O)N(CCNCCO)[C@H]1c1ccc(Cl)cc1. The molecule has 1 atom stereocenters. The molecular weight excluding hydrogens is 320 g/mol. The lowest BCUT2D eigenvalue weighted by molar-refractivity contribution is -0.129. The number of halogens is 1. The molecule has 2 rings (SSSR count). The van der Waals surface area contributed by atoms with Crippen LogP contribution < -0.4 is 5.32 Å². The number of hydrogen-bond acceptors (Lipinski definition) is 5. The Kier molecular flexibility index (Phi) is 5.76. The zero-order valence-corrected chi connectivity index (χ0v) is 13.5. The molecule has 3 N–H and O–H groups in total. The predicted molar refractivity (Wildman–Crippen MR) is 86.2 cm³/mol. The number of rotatable bonds is 7. The van der Waals surface area contributed by atoms with E-state index < -0.39 is 17.7 Å². The molecule has 1 aliphatic heterocycles. The number of nitrogens with one attached hydrogen (secondary N) is 1. The summed E-state index contributed by atoms with van der Waals surface area (Å²) in [5, 5.41) is 22.4. The third-order valence-corrected chi connectivity index (χ3v) is 3.94. The fourth-order valence-electron chi connectivity index (χ4n) is 2.64. The van der Waals surface area contributed by atoms with Crippen LogP contribution in [0.4, 0.5) is 0 Å². The van der Waals surface area contributed by atoms with Gasteiger partial charge in [-0.15, -0.1) is 0 Å². The molecule has 1 aromatic rings. The Labute approximate surface area is 139 Å². The molecule has 1 aliphatic rings. The Balaban J connectivity index is 2.31. The van der Waals surface area contributed by atoms with Gasteiger partial charge in [-0.25, -0.2) is 0 Å². The number of nitrogens with zero attached hydrogens (tertiary/aromatic N) is 1. The van der Waals surface area contributed by atoms with E-state index >= 15 is 0 Å². The summed E-state index contributed by atoms with van der Waals surface area (Å²) in [6.07, 6.45) is 0. The van der Waals surface area contributed by atoms with Gasteiger partial charge in [0.05, 0.1) is 18.2 Å². The number of Topliss-reactive ketones (excluding diaryl/α,β-unsaturated/α-hetero) is 1. The number of benzene rings is 1. The third kappa shape index (κ3) is 3.72. The first-order chi connectivity index (χ1) is 11.0. The van der Waals surface area contributed by atoms with E-state index in [4.69, 9.17) is 16.7 Å². The highest BCUT2D eigenvalue weighted by molar-refractivity contribution is 6.30. The van der Waals surface area contributed by atoms with Crippen molar-refractivity contribution >= 4 is 23.3 Å². The standard InChI is InChI=1S/C16H19ClN2O4/c1-10(21)13-14(11-2-4-12(17)5-3-11)19(16(23)15(13)22)8-6-18-7-9-20/h2-5,14,18,20,22H,6-9H2,1H3/t14-/m0/s1. The lowest BCUT2D eigenvalue weighted by Gasteiger charge is -2.26. The molecule has 0 aliphatic carbocycles. The molecule has 0 bridgehead atoms. The Morgan fingerprint density at radius 1 is 1.30 bits per heavy atom. The maximum absolute atomic E-state index is 12.3. The summed E-state index contributed by atoms with van der Waals surface area (Å²) >= 11 is 5.89. The fraction of sp³-hybridized carbons (Fsp3) is 0.375. The molecule has 23 heavy (non-hydrogen) atoms. The number of ketones is 1. The van der Waals surface area contributed by atoms with Gasteiger partial charge in [0.15, 0.2) is 11.5 Å². The number of carbonyl (C=O) groups is 2. The average Bonchev–Trinajstić information content (AvgIpc) is 2.77. The van der Waals surface area contributed by atoms with Crippen molar-refractivity contribution in [1.82, 2.24) is 10.2 Å². The van der Waals surface area contributed by atoms with E-state index in [0.717, 1.165) is 0 Å². The second-order valence-corrected chi connectivity index (χ2v) is 5.68. The Hall–Kier alpha value is -1.89. The van der Waals surface area contributed by atoms with Crippen molar-refractivity contribution in [3.05, 3.63) is 46.2 Å². The van der Waals surface area contributed by atoms with Crippen LogP contribution in [-0.2, 0) is 9.59 Å². The van der Waals surface area contributed by atoms with Crippen LogP contribution in [0.15, 0.2) is 35.6 Å². The van der Waals surface area contributed by atoms with Crippen molar-refractivity contribution in [2.75, 3.05) is 26.2 Å². The molecule has 0 saturated heterocycles. The van der Waals surface area contributed by atoms with Crippen LogP contribution in [0.3, 0.4) is 0 Å². The molecule has 124 valence electrons. The van der Waals surface area contributed by atoms with Crippen LogP contribution in [0.1, 0.15) is 18.5 Å². The van der Waals surface area contributed by atoms with Gasteiger partial charge in [0, 0.05) is 24.7 Å². The van der Waals surface area contributed by atoms with Gasteiger partial charge in [-0.2, -0.15) is 0 Å². The maximum Gasteiger partial charge on any atom is 0.290 e. The first kappa shape index (κ1) is 17.5. The number of carbonyl (C=O) groups excluding carboxylic acids is 2. The van der Waals surface area contributed by atoms with E-state index in [-0.39, 0.29) is 18.0 Å². The number of aliphatic hydroxyl groups excluding tert-OH is 2. The van der Waals surface area contributed by atoms with E-state index in [1.807, 2.05) is 0 Å². The first-order valence-corrected chi connectivity index (χ1v) is 7.67. The van der Waals surface area contributed by atoms with Gasteiger partial charge in [-0.3, -0.25) is 9.59 Å². The summed E-state index contributed by atoms with van der Waals surface area (Å²) in [5.74, 6) is -1.41. The van der Waals surface area contributed by atoms with Crippen LogP contribution in [0.25, 0.3) is 0 Å². The summed E-state index contributed by atoms with van der Waals surface area (Å²) in [6, 6.07) is 6.19. The second kappa shape index (κ2) is 7.59. The van der Waals surface area contributed by atoms with E-state index in [2.05, 4.69) is 5.32 Å². The van der Waals surface area contributed by atoms with Gasteiger partial charge < -0.3 is 20.4 Å². The van der Waals surface area contributed by atoms with Crippen molar-refractivity contribution < 1.29 is 19.8 Å². The van der Waals surface area contributed by atoms with Crippen LogP contribution in [-0.4, -0.2) is 53.0 Å². The van der Waals surface area contributed by atoms with Gasteiger partial charge in [0.25, 0.3) is 5.91 Å². The summed E-state index contributed by atoms with van der Waals surface area (Å²) in [5.41, 5.74) is 0.804. The molecule has 0 radical (unpaired) electrons. The lowest BCUT2D eigenvalue weighted by atomic mass is 9.97. The van der Waals surface area contributed by atoms with Crippen molar-refractivity contribution in [2.45, 2.75) is 13.0 Å². The zero-order chi connectivity index (χ0) is 17.0. The Bertz CT molecular complexity index is 627. The highest BCUT2D eigenvalue weighted by Gasteiger charge is 2.41. The second-order valence-electron chi connectivity index (χ2n) is 5.24. The summed E-state index contributed by atoms with van der Waals surface area (Å²) in [6.45, 7) is 2.47. The predicted octanol–water partition coefficient (Wildman–Crippen LogP) is 1.21. The van der Waals surface area contributed by atoms with Crippen molar-refractivity contribution in [1.29, 1.82) is 0 Å². The molecule has 0 saturated carbocycles. The highest BCUT2D eigenvalue weighted by Crippen LogP contribution is 2.37. The fourth-order valence-corrected chi connectivity index (χ4v) is 2.76. The molecule has 1 amide bonds. The number of hydrogen-bond donors (Lipinski definition) is 3. The van der Waals surface area contributed by atoms with Crippen LogP contribution in [0.2, 0.25) is 5.02 Å². The zero-order valence-electron chi connectivity index (χ0n) is 12.8. The van der Waals surface area contributed by atoms with Gasteiger partial charge >= 0.3 is 0 Å². The smallest absolute Gasteiger partial charge is 0.290 e. The molecule has 0 spiro atoms. The van der Waals surface area contributed by atoms with Crippen LogP contribution >= 0.6 is 11.6 Å². The Morgan fingerprint density at radius 3 is 2.52 bits per heavy atom. The molecule has 0 unspecified atom stereocenters. The molecule has 0 fully saturated rings. The van der Waals surface area contributed by atoms with E-state index in [1.54, 1.807) is 24.3 Å². The minimum atomic E-state index is -0.631. The van der Waals surface area contributed by atoms with E-state index in [9.17, 15) is 14.7 Å². The van der Waals surface area contributed by atoms with E-state index in [0.29, 0.717) is 30.2 Å². The van der Waals surface area contributed by atoms with E-state index in [1.165, 1.54) is 11.8 Å². The normalized spacial score (nSPS) is 18.0. The van der Waals surface area contributed by atoms with Gasteiger partial charge in [0.2, 0.25) is 0 Å². The van der Waals surface area contributed by atoms with Crippen LogP contribution in [0.5, 0.6) is 0 Å². The first-order valence-electron chi connectivity index (χ1n) is 7.29. The van der Waals surface area contributed by atoms with Gasteiger partial charge in [-0.1, -0.05) is 23.7 Å². The molecule has 6 nitrogen and oxygen atoms in total. The van der Waals surface area contributed by atoms with Crippen LogP contribution in [0, 0.1) is 0 Å². The monoisotopic (exact) mass is 338 g/mol. The molecule has 1 heterocycles. The topological polar surface area (TPSA) is 89.9 Å². The van der Waals surface area contributed by atoms with Crippen molar-refractivity contribution in [3.8, 4) is 0 Å². The molecule has 0 aromatic heterocycles. The highest BCUT2D eigenvalue weighted by atomic mass is 35.5. The molecule has 1 aromatic carbocycles. The summed E-state index contributed by atoms with van der Waals surface area (Å²) < 4.78 is 0. The summed E-state index contributed by atoms with van der Waals surface area (Å²) in [4.78, 5) is 25.6. The quantitative estimate of drug-likeness (QED) is 0.650. The number of amides is 1. The maximum atomic E-state index is 12.3. The molecular formula is C16H19ClN2O4. The minimum absolute atomic E-state index is 0.00322. The summed E-state index contributed by atoms with van der Waals surface area (Å²) in [7, 11) is 0.